The summed E-state index contributed by atoms with van der Waals surface area (Å²) < 4.78 is 5.35. The fourth-order valence-corrected chi connectivity index (χ4v) is 2.84. The molecule has 3 N–H and O–H groups in total. The van der Waals surface area contributed by atoms with Gasteiger partial charge in [0.05, 0.1) is 12.8 Å². The number of rotatable bonds is 6. The highest BCUT2D eigenvalue weighted by Crippen LogP contribution is 2.39. The van der Waals surface area contributed by atoms with Crippen molar-refractivity contribution >= 4 is 23.1 Å². The fourth-order valence-electron chi connectivity index (χ4n) is 2.84. The lowest BCUT2D eigenvalue weighted by Crippen LogP contribution is -2.37. The highest BCUT2D eigenvalue weighted by Gasteiger charge is 2.28. The van der Waals surface area contributed by atoms with Crippen molar-refractivity contribution in [2.24, 2.45) is 21.7 Å². The van der Waals surface area contributed by atoms with Crippen molar-refractivity contribution in [1.29, 1.82) is 0 Å². The second-order valence-corrected chi connectivity index (χ2v) is 6.43. The molecule has 2 aliphatic rings. The second-order valence-electron chi connectivity index (χ2n) is 6.43. The molecule has 128 valence electrons. The molecule has 1 aromatic rings. The van der Waals surface area contributed by atoms with Gasteiger partial charge in [0, 0.05) is 23.9 Å². The number of hydrogen-bond acceptors (Lipinski definition) is 6. The average Bonchev–Trinajstić information content (AvgIpc) is 3.41. The van der Waals surface area contributed by atoms with Crippen LogP contribution in [0.25, 0.3) is 5.70 Å². The molecule has 1 fully saturated rings. The Hall–Kier alpha value is -2.34. The van der Waals surface area contributed by atoms with Gasteiger partial charge in [0.2, 0.25) is 5.96 Å². The zero-order chi connectivity index (χ0) is 17.3. The molecule has 24 heavy (non-hydrogen) atoms. The summed E-state index contributed by atoms with van der Waals surface area (Å²) in [6.07, 6.45) is 2.65. The number of fused-ring (bicyclic) bond motifs is 1. The number of nitrogens with two attached hydrogens (primary N) is 1. The number of nitrogens with one attached hydrogen (secondary N) is 1. The van der Waals surface area contributed by atoms with Crippen LogP contribution in [0.1, 0.15) is 32.3 Å². The smallest absolute Gasteiger partial charge is 0.222 e. The van der Waals surface area contributed by atoms with Gasteiger partial charge in [-0.25, -0.2) is 10.0 Å². The molecule has 0 bridgehead atoms. The molecule has 1 aliphatic heterocycles. The van der Waals surface area contributed by atoms with Crippen LogP contribution < -0.4 is 15.8 Å². The van der Waals surface area contributed by atoms with Gasteiger partial charge in [0.1, 0.15) is 11.4 Å². The van der Waals surface area contributed by atoms with Gasteiger partial charge in [0.25, 0.3) is 0 Å². The van der Waals surface area contributed by atoms with E-state index in [-0.39, 0.29) is 0 Å². The van der Waals surface area contributed by atoms with Gasteiger partial charge in [-0.1, -0.05) is 18.7 Å². The van der Waals surface area contributed by atoms with Crippen LogP contribution in [0.15, 0.2) is 34.9 Å². The molecule has 1 atom stereocenters. The van der Waals surface area contributed by atoms with Crippen LogP contribution in [0.5, 0.6) is 5.75 Å². The first kappa shape index (κ1) is 16.5. The molecule has 0 radical (unpaired) electrons. The largest absolute Gasteiger partial charge is 0.494 e. The molecular formula is C18H25N5O. The number of para-hydroxylation sites is 1. The quantitative estimate of drug-likeness (QED) is 0.788. The van der Waals surface area contributed by atoms with E-state index in [0.29, 0.717) is 29.1 Å². The van der Waals surface area contributed by atoms with Crippen molar-refractivity contribution in [2.75, 3.05) is 13.7 Å². The lowest BCUT2D eigenvalue weighted by Gasteiger charge is -2.27. The van der Waals surface area contributed by atoms with Crippen molar-refractivity contribution < 1.29 is 4.74 Å². The molecule has 0 spiro atoms. The minimum atomic E-state index is 0.298. The zero-order valence-corrected chi connectivity index (χ0v) is 14.5. The number of hydrogen-bond donors (Lipinski definition) is 2. The summed E-state index contributed by atoms with van der Waals surface area (Å²) in [7, 11) is 1.62. The van der Waals surface area contributed by atoms with E-state index >= 15 is 0 Å². The zero-order valence-electron chi connectivity index (χ0n) is 14.5. The first-order valence-corrected chi connectivity index (χ1v) is 8.29. The summed E-state index contributed by atoms with van der Waals surface area (Å²) in [6, 6.07) is 6.24. The molecule has 1 aliphatic carbocycles. The number of benzene rings is 1. The van der Waals surface area contributed by atoms with E-state index < -0.39 is 0 Å². The van der Waals surface area contributed by atoms with E-state index in [0.717, 1.165) is 23.7 Å². The molecule has 0 aromatic heterocycles. The summed E-state index contributed by atoms with van der Waals surface area (Å²) in [4.78, 5) is 4.44. The molecule has 3 rings (SSSR count). The van der Waals surface area contributed by atoms with Gasteiger partial charge < -0.3 is 15.8 Å². The van der Waals surface area contributed by atoms with Crippen molar-refractivity contribution in [2.45, 2.75) is 32.7 Å². The Morgan fingerprint density at radius 1 is 1.54 bits per heavy atom. The molecule has 0 unspecified atom stereocenters. The van der Waals surface area contributed by atoms with Crippen LogP contribution in [0, 0.1) is 5.92 Å². The van der Waals surface area contributed by atoms with Gasteiger partial charge in [0.15, 0.2) is 0 Å². The van der Waals surface area contributed by atoms with E-state index in [1.165, 1.54) is 12.8 Å². The highest BCUT2D eigenvalue weighted by atomic mass is 16.5. The molecule has 6 heteroatoms. The van der Waals surface area contributed by atoms with Crippen LogP contribution in [0.2, 0.25) is 0 Å². The van der Waals surface area contributed by atoms with Gasteiger partial charge >= 0.3 is 0 Å². The third-order valence-electron chi connectivity index (χ3n) is 4.51. The van der Waals surface area contributed by atoms with E-state index in [1.807, 2.05) is 25.1 Å². The number of hydrazone groups is 1. The van der Waals surface area contributed by atoms with Crippen LogP contribution in [-0.4, -0.2) is 36.4 Å². The Morgan fingerprint density at radius 2 is 2.29 bits per heavy atom. The lowest BCUT2D eigenvalue weighted by atomic mass is 10.1. The third kappa shape index (κ3) is 3.28. The summed E-state index contributed by atoms with van der Waals surface area (Å²) in [5.74, 6) is 1.79. The molecule has 0 amide bonds. The summed E-state index contributed by atoms with van der Waals surface area (Å²) >= 11 is 0. The Kier molecular flexibility index (Phi) is 4.57. The minimum absolute atomic E-state index is 0.298. The van der Waals surface area contributed by atoms with E-state index in [1.54, 1.807) is 12.1 Å². The number of ether oxygens (including phenoxy) is 1. The normalized spacial score (nSPS) is 19.0. The highest BCUT2D eigenvalue weighted by molar-refractivity contribution is 5.98. The molecule has 1 heterocycles. The molecule has 0 saturated heterocycles. The lowest BCUT2D eigenvalue weighted by molar-refractivity contribution is 0.415. The van der Waals surface area contributed by atoms with Gasteiger partial charge in [-0.05, 0) is 38.7 Å². The number of guanidine groups is 1. The van der Waals surface area contributed by atoms with E-state index in [9.17, 15) is 0 Å². The van der Waals surface area contributed by atoms with Crippen molar-refractivity contribution in [3.05, 3.63) is 30.3 Å². The van der Waals surface area contributed by atoms with Crippen LogP contribution in [-0.2, 0) is 0 Å². The minimum Gasteiger partial charge on any atom is -0.494 e. The van der Waals surface area contributed by atoms with Crippen molar-refractivity contribution in [3.8, 4) is 5.75 Å². The maximum Gasteiger partial charge on any atom is 0.222 e. The SMILES string of the molecule is C=C1c2cccc(OC)c2N=C(N)N1/N=C(\C)CN[C@H](C)C1CC1. The van der Waals surface area contributed by atoms with Crippen molar-refractivity contribution in [3.63, 3.8) is 0 Å². The summed E-state index contributed by atoms with van der Waals surface area (Å²) in [6.45, 7) is 9.06. The standard InChI is InChI=1S/C18H25N5O/c1-11(10-20-12(2)14-8-9-14)22-23-13(3)15-6-5-7-16(24-4)17(15)21-18(23)19/h5-7,12,14,20H,3,8-10H2,1-2,4H3,(H2,19,21)/b22-11+/t12-/m1/s1. The van der Waals surface area contributed by atoms with Gasteiger partial charge in [-0.3, -0.25) is 0 Å². The molecular weight excluding hydrogens is 302 g/mol. The Bertz CT molecular complexity index is 705. The van der Waals surface area contributed by atoms with Gasteiger partial charge in [-0.2, -0.15) is 5.10 Å². The predicted molar refractivity (Wildman–Crippen MR) is 98.4 cm³/mol. The molecule has 6 nitrogen and oxygen atoms in total. The van der Waals surface area contributed by atoms with E-state index in [4.69, 9.17) is 10.5 Å². The number of methoxy groups -OCH3 is 1. The first-order chi connectivity index (χ1) is 11.5. The summed E-state index contributed by atoms with van der Waals surface area (Å²) in [5, 5.41) is 9.71. The maximum atomic E-state index is 6.10. The molecule has 1 saturated carbocycles. The van der Waals surface area contributed by atoms with Crippen LogP contribution in [0.4, 0.5) is 5.69 Å². The maximum absolute atomic E-state index is 6.10. The molecule has 1 aromatic carbocycles. The number of aliphatic imine (C=N–C) groups is 1. The second kappa shape index (κ2) is 6.65. The average molecular weight is 327 g/mol. The van der Waals surface area contributed by atoms with E-state index in [2.05, 4.69) is 28.9 Å². The summed E-state index contributed by atoms with van der Waals surface area (Å²) in [5.41, 5.74) is 9.32. The monoisotopic (exact) mass is 327 g/mol. The van der Waals surface area contributed by atoms with Crippen LogP contribution >= 0.6 is 0 Å². The Balaban J connectivity index is 1.77. The fraction of sp³-hybridized carbons (Fsp3) is 0.444. The van der Waals surface area contributed by atoms with Crippen molar-refractivity contribution in [1.82, 2.24) is 10.3 Å². The topological polar surface area (TPSA) is 75.2 Å². The predicted octanol–water partition coefficient (Wildman–Crippen LogP) is 2.69. The van der Waals surface area contributed by atoms with Crippen LogP contribution in [0.3, 0.4) is 0 Å². The Morgan fingerprint density at radius 3 is 2.96 bits per heavy atom. The third-order valence-corrected chi connectivity index (χ3v) is 4.51. The van der Waals surface area contributed by atoms with Gasteiger partial charge in [-0.15, -0.1) is 0 Å². The Labute approximate surface area is 143 Å². The number of nitrogens with zero attached hydrogens (tertiary/aromatic N) is 3. The first-order valence-electron chi connectivity index (χ1n) is 8.29.